The average molecular weight is 338 g/mol. The van der Waals surface area contributed by atoms with E-state index in [4.69, 9.17) is 0 Å². The number of nitrogens with zero attached hydrogens (tertiary/aromatic N) is 2. The first-order chi connectivity index (χ1) is 12.1. The highest BCUT2D eigenvalue weighted by atomic mass is 16.2. The van der Waals surface area contributed by atoms with Gasteiger partial charge in [0.15, 0.2) is 0 Å². The van der Waals surface area contributed by atoms with Crippen molar-refractivity contribution in [1.29, 1.82) is 0 Å². The molecule has 0 aliphatic heterocycles. The predicted octanol–water partition coefficient (Wildman–Crippen LogP) is 2.21. The minimum atomic E-state index is -0.428. The Kier molecular flexibility index (Phi) is 7.31. The Labute approximate surface area is 147 Å². The second kappa shape index (κ2) is 9.97. The molecule has 2 amide bonds. The number of hydrogen-bond donors (Lipinski definition) is 2. The molecular formula is C19H22N4O2. The van der Waals surface area contributed by atoms with Gasteiger partial charge >= 0.3 is 0 Å². The first-order valence-electron chi connectivity index (χ1n) is 8.15. The van der Waals surface area contributed by atoms with E-state index in [0.29, 0.717) is 6.54 Å². The highest BCUT2D eigenvalue weighted by molar-refractivity contribution is 5.97. The molecule has 0 aliphatic carbocycles. The molecule has 0 unspecified atom stereocenters. The van der Waals surface area contributed by atoms with E-state index in [1.54, 1.807) is 18.5 Å². The van der Waals surface area contributed by atoms with E-state index in [2.05, 4.69) is 33.0 Å². The zero-order valence-electron chi connectivity index (χ0n) is 14.2. The fourth-order valence-corrected chi connectivity index (χ4v) is 2.13. The molecule has 0 radical (unpaired) electrons. The zero-order valence-corrected chi connectivity index (χ0v) is 14.2. The summed E-state index contributed by atoms with van der Waals surface area (Å²) < 4.78 is 0. The number of benzene rings is 1. The Balaban J connectivity index is 1.67. The Morgan fingerprint density at radius 2 is 1.80 bits per heavy atom. The first kappa shape index (κ1) is 18.3. The van der Waals surface area contributed by atoms with Crippen LogP contribution in [0.2, 0.25) is 0 Å². The lowest BCUT2D eigenvalue weighted by molar-refractivity contribution is -0.129. The lowest BCUT2D eigenvalue weighted by atomic mass is 10.1. The van der Waals surface area contributed by atoms with Crippen LogP contribution >= 0.6 is 0 Å². The number of carbonyl (C=O) groups excluding carboxylic acids is 2. The van der Waals surface area contributed by atoms with Crippen molar-refractivity contribution in [3.8, 4) is 0 Å². The molecule has 2 aromatic rings. The molecule has 2 N–H and O–H groups in total. The topological polar surface area (TPSA) is 83.5 Å². The number of hydrazone groups is 1. The number of pyridine rings is 1. The number of carbonyl (C=O) groups is 2. The third-order valence-corrected chi connectivity index (χ3v) is 3.52. The van der Waals surface area contributed by atoms with Gasteiger partial charge in [0.1, 0.15) is 6.42 Å². The number of aryl methyl sites for hydroxylation is 1. The van der Waals surface area contributed by atoms with Gasteiger partial charge in [-0.2, -0.15) is 5.10 Å². The van der Waals surface area contributed by atoms with Crippen molar-refractivity contribution in [2.24, 2.45) is 5.10 Å². The first-order valence-corrected chi connectivity index (χ1v) is 8.15. The molecule has 2 rings (SSSR count). The quantitative estimate of drug-likeness (QED) is 0.440. The standard InChI is InChI=1S/C19H22N4O2/c1-15(9-10-16-6-3-2-4-7-16)22-23-19(25)12-18(24)21-14-17-8-5-11-20-13-17/h2-8,11,13H,9-10,12,14H2,1H3,(H,21,24)(H,23,25). The highest BCUT2D eigenvalue weighted by Crippen LogP contribution is 2.03. The summed E-state index contributed by atoms with van der Waals surface area (Å²) in [4.78, 5) is 27.5. The third kappa shape index (κ3) is 7.39. The summed E-state index contributed by atoms with van der Waals surface area (Å²) in [7, 11) is 0. The van der Waals surface area contributed by atoms with Crippen molar-refractivity contribution >= 4 is 17.5 Å². The van der Waals surface area contributed by atoms with E-state index < -0.39 is 5.91 Å². The Morgan fingerprint density at radius 3 is 2.52 bits per heavy atom. The maximum Gasteiger partial charge on any atom is 0.249 e. The molecule has 6 nitrogen and oxygen atoms in total. The number of rotatable bonds is 8. The van der Waals surface area contributed by atoms with Crippen LogP contribution in [0.25, 0.3) is 0 Å². The summed E-state index contributed by atoms with van der Waals surface area (Å²) >= 11 is 0. The second-order valence-electron chi connectivity index (χ2n) is 5.68. The van der Waals surface area contributed by atoms with E-state index in [0.717, 1.165) is 24.1 Å². The van der Waals surface area contributed by atoms with Gasteiger partial charge in [0.05, 0.1) is 0 Å². The third-order valence-electron chi connectivity index (χ3n) is 3.52. The molecular weight excluding hydrogens is 316 g/mol. The van der Waals surface area contributed by atoms with Crippen molar-refractivity contribution in [3.63, 3.8) is 0 Å². The summed E-state index contributed by atoms with van der Waals surface area (Å²) in [6.45, 7) is 2.20. The van der Waals surface area contributed by atoms with Crippen LogP contribution in [-0.4, -0.2) is 22.5 Å². The van der Waals surface area contributed by atoms with Gasteiger partial charge in [0.2, 0.25) is 11.8 Å². The Bertz CT molecular complexity index is 715. The van der Waals surface area contributed by atoms with Crippen LogP contribution in [-0.2, 0) is 22.6 Å². The maximum absolute atomic E-state index is 11.8. The number of amides is 2. The monoisotopic (exact) mass is 338 g/mol. The largest absolute Gasteiger partial charge is 0.352 e. The van der Waals surface area contributed by atoms with Crippen molar-refractivity contribution in [3.05, 3.63) is 66.0 Å². The lowest BCUT2D eigenvalue weighted by Crippen LogP contribution is -2.30. The molecule has 0 aliphatic rings. The van der Waals surface area contributed by atoms with Gasteiger partial charge in [-0.15, -0.1) is 0 Å². The van der Waals surface area contributed by atoms with Gasteiger partial charge in [-0.1, -0.05) is 36.4 Å². The second-order valence-corrected chi connectivity index (χ2v) is 5.68. The molecule has 1 aromatic heterocycles. The van der Waals surface area contributed by atoms with Gasteiger partial charge in [-0.3, -0.25) is 14.6 Å². The van der Waals surface area contributed by atoms with E-state index >= 15 is 0 Å². The Morgan fingerprint density at radius 1 is 1.04 bits per heavy atom. The van der Waals surface area contributed by atoms with Crippen molar-refractivity contribution in [2.75, 3.05) is 0 Å². The molecule has 6 heteroatoms. The summed E-state index contributed by atoms with van der Waals surface area (Å²) in [5.41, 5.74) is 5.34. The molecule has 130 valence electrons. The molecule has 0 fully saturated rings. The zero-order chi connectivity index (χ0) is 17.9. The van der Waals surface area contributed by atoms with Gasteiger partial charge in [-0.05, 0) is 37.0 Å². The van der Waals surface area contributed by atoms with Gasteiger partial charge in [0.25, 0.3) is 0 Å². The lowest BCUT2D eigenvalue weighted by Gasteiger charge is -2.05. The predicted molar refractivity (Wildman–Crippen MR) is 96.7 cm³/mol. The molecule has 0 saturated carbocycles. The maximum atomic E-state index is 11.8. The summed E-state index contributed by atoms with van der Waals surface area (Å²) in [5.74, 6) is -0.777. The van der Waals surface area contributed by atoms with E-state index in [-0.39, 0.29) is 12.3 Å². The molecule has 1 aromatic carbocycles. The van der Waals surface area contributed by atoms with Crippen LogP contribution in [0.3, 0.4) is 0 Å². The van der Waals surface area contributed by atoms with Crippen LogP contribution in [0, 0.1) is 0 Å². The highest BCUT2D eigenvalue weighted by Gasteiger charge is 2.08. The van der Waals surface area contributed by atoms with Gasteiger partial charge in [0, 0.05) is 24.7 Å². The smallest absolute Gasteiger partial charge is 0.249 e. The molecule has 1 heterocycles. The van der Waals surface area contributed by atoms with E-state index in [1.807, 2.05) is 31.2 Å². The molecule has 25 heavy (non-hydrogen) atoms. The summed E-state index contributed by atoms with van der Waals surface area (Å²) in [6, 6.07) is 13.7. The molecule has 0 saturated heterocycles. The van der Waals surface area contributed by atoms with Gasteiger partial charge in [-0.25, -0.2) is 5.43 Å². The summed E-state index contributed by atoms with van der Waals surface area (Å²) in [6.07, 6.45) is 4.68. The normalized spacial score (nSPS) is 11.0. The van der Waals surface area contributed by atoms with E-state index in [1.165, 1.54) is 5.56 Å². The van der Waals surface area contributed by atoms with E-state index in [9.17, 15) is 9.59 Å². The van der Waals surface area contributed by atoms with Crippen LogP contribution < -0.4 is 10.7 Å². The van der Waals surface area contributed by atoms with Gasteiger partial charge < -0.3 is 5.32 Å². The molecule has 0 atom stereocenters. The van der Waals surface area contributed by atoms with Crippen molar-refractivity contribution in [1.82, 2.24) is 15.7 Å². The fourth-order valence-electron chi connectivity index (χ4n) is 2.13. The Hall–Kier alpha value is -3.02. The van der Waals surface area contributed by atoms with Crippen LogP contribution in [0.5, 0.6) is 0 Å². The minimum absolute atomic E-state index is 0.254. The average Bonchev–Trinajstić information content (AvgIpc) is 2.65. The minimum Gasteiger partial charge on any atom is -0.352 e. The number of hydrogen-bond acceptors (Lipinski definition) is 4. The fraction of sp³-hybridized carbons (Fsp3) is 0.263. The summed E-state index contributed by atoms with van der Waals surface area (Å²) in [5, 5.41) is 6.71. The number of nitrogens with one attached hydrogen (secondary N) is 2. The SMILES string of the molecule is CC(CCc1ccccc1)=NNC(=O)CC(=O)NCc1cccnc1. The number of aromatic nitrogens is 1. The van der Waals surface area contributed by atoms with Crippen LogP contribution in [0.4, 0.5) is 0 Å². The van der Waals surface area contributed by atoms with Crippen molar-refractivity contribution in [2.45, 2.75) is 32.7 Å². The molecule has 0 bridgehead atoms. The van der Waals surface area contributed by atoms with Crippen molar-refractivity contribution < 1.29 is 9.59 Å². The van der Waals surface area contributed by atoms with Crippen LogP contribution in [0.1, 0.15) is 30.9 Å². The molecule has 0 spiro atoms. The van der Waals surface area contributed by atoms with Crippen LogP contribution in [0.15, 0.2) is 60.0 Å².